The van der Waals surface area contributed by atoms with Crippen molar-refractivity contribution in [2.45, 2.75) is 6.42 Å². The van der Waals surface area contributed by atoms with Gasteiger partial charge in [-0.3, -0.25) is 4.99 Å². The van der Waals surface area contributed by atoms with Crippen LogP contribution in [0.5, 0.6) is 0 Å². The van der Waals surface area contributed by atoms with Crippen LogP contribution in [0.25, 0.3) is 0 Å². The zero-order valence-corrected chi connectivity index (χ0v) is 17.0. The Hall–Kier alpha value is -1.13. The second-order valence-corrected chi connectivity index (χ2v) is 7.02. The van der Waals surface area contributed by atoms with Crippen molar-refractivity contribution < 1.29 is 0 Å². The molecule has 0 bridgehead atoms. The molecule has 1 saturated heterocycles. The molecule has 0 amide bonds. The number of piperazine rings is 1. The molecule has 9 heteroatoms. The topological polar surface area (TPSA) is 70.6 Å². The molecule has 0 saturated carbocycles. The first-order valence-electron chi connectivity index (χ1n) is 7.53. The molecule has 1 aliphatic rings. The van der Waals surface area contributed by atoms with Gasteiger partial charge in [0.1, 0.15) is 0 Å². The fourth-order valence-corrected chi connectivity index (χ4v) is 3.53. The molecule has 1 fully saturated rings. The van der Waals surface area contributed by atoms with Crippen molar-refractivity contribution in [2.75, 3.05) is 37.6 Å². The van der Waals surface area contributed by atoms with E-state index in [9.17, 15) is 0 Å². The molecule has 2 N–H and O–H groups in total. The lowest BCUT2D eigenvalue weighted by Crippen LogP contribution is -2.51. The quantitative estimate of drug-likeness (QED) is 0.415. The van der Waals surface area contributed by atoms with Crippen LogP contribution in [0.4, 0.5) is 5.95 Å². The van der Waals surface area contributed by atoms with Crippen molar-refractivity contribution in [2.24, 2.45) is 10.7 Å². The van der Waals surface area contributed by atoms with E-state index in [1.807, 2.05) is 18.2 Å². The average molecular weight is 479 g/mol. The summed E-state index contributed by atoms with van der Waals surface area (Å²) in [5.41, 5.74) is 6.11. The summed E-state index contributed by atoms with van der Waals surface area (Å²) in [6, 6.07) is 5.78. The van der Waals surface area contributed by atoms with Gasteiger partial charge < -0.3 is 15.5 Å². The number of aliphatic imine (C=N–C) groups is 1. The van der Waals surface area contributed by atoms with E-state index in [1.165, 1.54) is 4.88 Å². The smallest absolute Gasteiger partial charge is 0.225 e. The molecule has 0 radical (unpaired) electrons. The largest absolute Gasteiger partial charge is 0.370 e. The highest BCUT2D eigenvalue weighted by molar-refractivity contribution is 14.0. The van der Waals surface area contributed by atoms with E-state index in [0.29, 0.717) is 12.5 Å². The number of aromatic nitrogens is 2. The van der Waals surface area contributed by atoms with Crippen molar-refractivity contribution in [3.63, 3.8) is 0 Å². The highest BCUT2D eigenvalue weighted by atomic mass is 127. The molecule has 24 heavy (non-hydrogen) atoms. The summed E-state index contributed by atoms with van der Waals surface area (Å²) in [6.07, 6.45) is 4.40. The van der Waals surface area contributed by atoms with Gasteiger partial charge in [-0.25, -0.2) is 9.97 Å². The van der Waals surface area contributed by atoms with Crippen LogP contribution in [0, 0.1) is 0 Å². The molecule has 0 atom stereocenters. The van der Waals surface area contributed by atoms with Crippen LogP contribution in [0.2, 0.25) is 4.34 Å². The molecule has 130 valence electrons. The Kier molecular flexibility index (Phi) is 7.50. The predicted molar refractivity (Wildman–Crippen MR) is 111 cm³/mol. The summed E-state index contributed by atoms with van der Waals surface area (Å²) < 4.78 is 0.816. The Labute approximate surface area is 167 Å². The van der Waals surface area contributed by atoms with Crippen LogP contribution >= 0.6 is 46.9 Å². The monoisotopic (exact) mass is 478 g/mol. The Bertz CT molecular complexity index is 657. The van der Waals surface area contributed by atoms with Crippen LogP contribution in [0.3, 0.4) is 0 Å². The number of anilines is 1. The van der Waals surface area contributed by atoms with E-state index in [0.717, 1.165) is 42.9 Å². The van der Waals surface area contributed by atoms with E-state index >= 15 is 0 Å². The Balaban J connectivity index is 0.00000208. The van der Waals surface area contributed by atoms with Gasteiger partial charge in [0.15, 0.2) is 5.96 Å². The average Bonchev–Trinajstić information content (AvgIpc) is 3.01. The molecule has 3 heterocycles. The van der Waals surface area contributed by atoms with Gasteiger partial charge in [-0.1, -0.05) is 11.6 Å². The number of hydrogen-bond acceptors (Lipinski definition) is 5. The Morgan fingerprint density at radius 1 is 1.21 bits per heavy atom. The fourth-order valence-electron chi connectivity index (χ4n) is 2.46. The van der Waals surface area contributed by atoms with Gasteiger partial charge in [-0.2, -0.15) is 0 Å². The number of nitrogens with zero attached hydrogens (tertiary/aromatic N) is 5. The standard InChI is InChI=1S/C15H19ClN6S.HI/c16-13-3-2-12(23-13)4-7-18-14(17)21-8-10-22(11-9-21)15-19-5-1-6-20-15;/h1-3,5-6H,4,7-11H2,(H2,17,18);1H. The minimum absolute atomic E-state index is 0. The van der Waals surface area contributed by atoms with Crippen LogP contribution in [-0.4, -0.2) is 53.6 Å². The number of guanidine groups is 1. The summed E-state index contributed by atoms with van der Waals surface area (Å²) in [5.74, 6) is 1.39. The van der Waals surface area contributed by atoms with Crippen molar-refractivity contribution in [3.05, 3.63) is 39.8 Å². The van der Waals surface area contributed by atoms with Gasteiger partial charge in [0, 0.05) is 56.4 Å². The third-order valence-corrected chi connectivity index (χ3v) is 4.99. The normalized spacial score (nSPS) is 15.3. The molecule has 0 spiro atoms. The van der Waals surface area contributed by atoms with E-state index in [-0.39, 0.29) is 24.0 Å². The van der Waals surface area contributed by atoms with Crippen molar-refractivity contribution in [1.82, 2.24) is 14.9 Å². The number of thiophene rings is 1. The molecule has 2 aromatic heterocycles. The SMILES string of the molecule is I.NC(=NCCc1ccc(Cl)s1)N1CCN(c2ncccn2)CC1. The van der Waals surface area contributed by atoms with Gasteiger partial charge in [-0.05, 0) is 18.2 Å². The van der Waals surface area contributed by atoms with Gasteiger partial charge in [0.05, 0.1) is 4.34 Å². The maximum Gasteiger partial charge on any atom is 0.225 e. The van der Waals surface area contributed by atoms with Crippen LogP contribution < -0.4 is 10.6 Å². The maximum absolute atomic E-state index is 6.11. The third-order valence-electron chi connectivity index (χ3n) is 3.70. The molecule has 0 aliphatic carbocycles. The van der Waals surface area contributed by atoms with Gasteiger partial charge in [-0.15, -0.1) is 35.3 Å². The number of halogens is 2. The van der Waals surface area contributed by atoms with E-state index in [4.69, 9.17) is 17.3 Å². The van der Waals surface area contributed by atoms with Crippen molar-refractivity contribution in [3.8, 4) is 0 Å². The predicted octanol–water partition coefficient (Wildman–Crippen LogP) is 2.49. The maximum atomic E-state index is 6.11. The summed E-state index contributed by atoms with van der Waals surface area (Å²) in [5, 5.41) is 0. The second kappa shape index (κ2) is 9.38. The lowest BCUT2D eigenvalue weighted by atomic mass is 10.3. The highest BCUT2D eigenvalue weighted by Crippen LogP contribution is 2.21. The van der Waals surface area contributed by atoms with E-state index in [2.05, 4.69) is 24.8 Å². The minimum atomic E-state index is 0. The first-order valence-corrected chi connectivity index (χ1v) is 8.73. The van der Waals surface area contributed by atoms with E-state index < -0.39 is 0 Å². The van der Waals surface area contributed by atoms with Crippen LogP contribution in [-0.2, 0) is 6.42 Å². The zero-order valence-electron chi connectivity index (χ0n) is 13.1. The number of rotatable bonds is 4. The molecule has 1 aliphatic heterocycles. The van der Waals surface area contributed by atoms with Gasteiger partial charge >= 0.3 is 0 Å². The molecule has 0 aromatic carbocycles. The molecule has 6 nitrogen and oxygen atoms in total. The summed E-state index contributed by atoms with van der Waals surface area (Å²) in [6.45, 7) is 4.04. The molecular weight excluding hydrogens is 459 g/mol. The lowest BCUT2D eigenvalue weighted by molar-refractivity contribution is 0.378. The lowest BCUT2D eigenvalue weighted by Gasteiger charge is -2.35. The summed E-state index contributed by atoms with van der Waals surface area (Å²) in [7, 11) is 0. The summed E-state index contributed by atoms with van der Waals surface area (Å²) >= 11 is 7.52. The van der Waals surface area contributed by atoms with Gasteiger partial charge in [0.25, 0.3) is 0 Å². The van der Waals surface area contributed by atoms with E-state index in [1.54, 1.807) is 23.7 Å². The molecule has 2 aromatic rings. The van der Waals surface area contributed by atoms with Crippen molar-refractivity contribution >= 4 is 58.8 Å². The second-order valence-electron chi connectivity index (χ2n) is 5.22. The first kappa shape index (κ1) is 19.2. The minimum Gasteiger partial charge on any atom is -0.370 e. The van der Waals surface area contributed by atoms with Crippen LogP contribution in [0.1, 0.15) is 4.88 Å². The highest BCUT2D eigenvalue weighted by Gasteiger charge is 2.19. The Morgan fingerprint density at radius 3 is 2.54 bits per heavy atom. The third kappa shape index (κ3) is 5.18. The van der Waals surface area contributed by atoms with Crippen molar-refractivity contribution in [1.29, 1.82) is 0 Å². The van der Waals surface area contributed by atoms with Crippen LogP contribution in [0.15, 0.2) is 35.6 Å². The molecule has 0 unspecified atom stereocenters. The molecule has 3 rings (SSSR count). The first-order chi connectivity index (χ1) is 11.2. The number of hydrogen-bond donors (Lipinski definition) is 1. The zero-order chi connectivity index (χ0) is 16.1. The summed E-state index contributed by atoms with van der Waals surface area (Å²) in [4.78, 5) is 18.6. The molecular formula is C15H20ClIN6S. The fraction of sp³-hybridized carbons (Fsp3) is 0.400. The van der Waals surface area contributed by atoms with Gasteiger partial charge in [0.2, 0.25) is 5.95 Å². The number of nitrogens with two attached hydrogens (primary N) is 1. The Morgan fingerprint density at radius 2 is 1.92 bits per heavy atom.